The monoisotopic (exact) mass is 237 g/mol. The lowest BCUT2D eigenvalue weighted by molar-refractivity contribution is 0.192. The van der Waals surface area contributed by atoms with Gasteiger partial charge in [0.05, 0.1) is 5.70 Å². The van der Waals surface area contributed by atoms with Crippen LogP contribution in [-0.2, 0) is 0 Å². The molecule has 3 heteroatoms. The largest absolute Gasteiger partial charge is 0.368 e. The van der Waals surface area contributed by atoms with E-state index < -0.39 is 0 Å². The standard InChI is InChI=1S/C10H17N3.C4H10/c1-12-5-7-13(8-6-12)10-3-2-4-11-9-10;1-4(2)3/h3,9H,2,4-8H2,1H3;4H,1-3H3. The van der Waals surface area contributed by atoms with Crippen molar-refractivity contribution < 1.29 is 0 Å². The first-order valence-corrected chi connectivity index (χ1v) is 6.73. The maximum Gasteiger partial charge on any atom is 0.0508 e. The molecular weight excluding hydrogens is 210 g/mol. The van der Waals surface area contributed by atoms with E-state index in [1.54, 1.807) is 0 Å². The normalized spacial score (nSPS) is 21.0. The lowest BCUT2D eigenvalue weighted by Gasteiger charge is -2.34. The van der Waals surface area contributed by atoms with Crippen molar-refractivity contribution in [3.8, 4) is 0 Å². The average Bonchev–Trinajstić information content (AvgIpc) is 2.30. The Morgan fingerprint density at radius 1 is 1.12 bits per heavy atom. The molecule has 1 fully saturated rings. The van der Waals surface area contributed by atoms with Crippen LogP contribution in [-0.4, -0.2) is 55.8 Å². The minimum absolute atomic E-state index is 0.833. The Morgan fingerprint density at radius 3 is 2.18 bits per heavy atom. The Hall–Kier alpha value is -0.830. The topological polar surface area (TPSA) is 18.8 Å². The highest BCUT2D eigenvalue weighted by Crippen LogP contribution is 2.10. The van der Waals surface area contributed by atoms with Crippen molar-refractivity contribution in [3.63, 3.8) is 0 Å². The summed E-state index contributed by atoms with van der Waals surface area (Å²) in [5, 5.41) is 0. The number of nitrogens with zero attached hydrogens (tertiary/aromatic N) is 3. The van der Waals surface area contributed by atoms with E-state index >= 15 is 0 Å². The molecule has 1 saturated heterocycles. The first-order chi connectivity index (χ1) is 8.09. The number of piperazine rings is 1. The zero-order chi connectivity index (χ0) is 12.7. The molecule has 0 radical (unpaired) electrons. The molecule has 2 heterocycles. The number of likely N-dealkylation sites (N-methyl/N-ethyl adjacent to an activating group) is 1. The van der Waals surface area contributed by atoms with Crippen LogP contribution in [0.5, 0.6) is 0 Å². The number of hydrogen-bond donors (Lipinski definition) is 0. The van der Waals surface area contributed by atoms with Crippen LogP contribution in [0.3, 0.4) is 0 Å². The first-order valence-electron chi connectivity index (χ1n) is 6.73. The molecule has 0 unspecified atom stereocenters. The van der Waals surface area contributed by atoms with E-state index in [1.165, 1.54) is 18.8 Å². The maximum absolute atomic E-state index is 4.30. The number of rotatable bonds is 1. The highest BCUT2D eigenvalue weighted by atomic mass is 15.3. The van der Waals surface area contributed by atoms with Gasteiger partial charge in [-0.1, -0.05) is 26.8 Å². The molecule has 0 amide bonds. The molecule has 2 rings (SSSR count). The molecule has 98 valence electrons. The zero-order valence-corrected chi connectivity index (χ0v) is 11.8. The van der Waals surface area contributed by atoms with Gasteiger partial charge in [0.25, 0.3) is 0 Å². The predicted molar refractivity (Wildman–Crippen MR) is 75.6 cm³/mol. The maximum atomic E-state index is 4.30. The number of allylic oxidation sites excluding steroid dienone is 1. The van der Waals surface area contributed by atoms with Crippen LogP contribution in [0.2, 0.25) is 0 Å². The van der Waals surface area contributed by atoms with Gasteiger partial charge in [0.15, 0.2) is 0 Å². The second-order valence-electron chi connectivity index (χ2n) is 5.48. The molecule has 2 aliphatic heterocycles. The third kappa shape index (κ3) is 5.87. The van der Waals surface area contributed by atoms with Crippen LogP contribution in [0.25, 0.3) is 0 Å². The van der Waals surface area contributed by atoms with Gasteiger partial charge in [-0.15, -0.1) is 0 Å². The highest BCUT2D eigenvalue weighted by Gasteiger charge is 2.15. The fourth-order valence-corrected chi connectivity index (χ4v) is 1.77. The van der Waals surface area contributed by atoms with Gasteiger partial charge in [-0.2, -0.15) is 0 Å². The van der Waals surface area contributed by atoms with E-state index in [-0.39, 0.29) is 0 Å². The third-order valence-corrected chi connectivity index (χ3v) is 2.70. The summed E-state index contributed by atoms with van der Waals surface area (Å²) in [5.74, 6) is 0.833. The van der Waals surface area contributed by atoms with Crippen molar-refractivity contribution in [1.29, 1.82) is 0 Å². The van der Waals surface area contributed by atoms with E-state index in [2.05, 4.69) is 48.7 Å². The van der Waals surface area contributed by atoms with E-state index in [0.29, 0.717) is 0 Å². The van der Waals surface area contributed by atoms with Crippen molar-refractivity contribution in [1.82, 2.24) is 9.80 Å². The predicted octanol–water partition coefficient (Wildman–Crippen LogP) is 2.25. The van der Waals surface area contributed by atoms with E-state index in [9.17, 15) is 0 Å². The molecule has 0 aromatic carbocycles. The van der Waals surface area contributed by atoms with Crippen molar-refractivity contribution >= 4 is 6.21 Å². The van der Waals surface area contributed by atoms with E-state index in [4.69, 9.17) is 0 Å². The molecule has 0 saturated carbocycles. The number of aliphatic imine (C=N–C) groups is 1. The van der Waals surface area contributed by atoms with Crippen LogP contribution in [0.4, 0.5) is 0 Å². The summed E-state index contributed by atoms with van der Waals surface area (Å²) in [4.78, 5) is 9.11. The van der Waals surface area contributed by atoms with Crippen LogP contribution in [0.15, 0.2) is 16.8 Å². The summed E-state index contributed by atoms with van der Waals surface area (Å²) >= 11 is 0. The molecule has 17 heavy (non-hydrogen) atoms. The molecule has 0 aromatic rings. The molecular formula is C14H27N3. The Morgan fingerprint density at radius 2 is 1.71 bits per heavy atom. The molecule has 0 bridgehead atoms. The second kappa shape index (κ2) is 7.49. The van der Waals surface area contributed by atoms with Gasteiger partial charge in [-0.25, -0.2) is 0 Å². The fourth-order valence-electron chi connectivity index (χ4n) is 1.77. The molecule has 0 aliphatic carbocycles. The van der Waals surface area contributed by atoms with Gasteiger partial charge in [-0.3, -0.25) is 4.99 Å². The number of dihydropyridines is 1. The third-order valence-electron chi connectivity index (χ3n) is 2.70. The van der Waals surface area contributed by atoms with Gasteiger partial charge < -0.3 is 9.80 Å². The zero-order valence-electron chi connectivity index (χ0n) is 11.8. The Kier molecular flexibility index (Phi) is 6.27. The lowest BCUT2D eigenvalue weighted by atomic mass is 10.2. The highest BCUT2D eigenvalue weighted by molar-refractivity contribution is 5.78. The lowest BCUT2D eigenvalue weighted by Crippen LogP contribution is -2.44. The molecule has 0 aromatic heterocycles. The summed E-state index contributed by atoms with van der Waals surface area (Å²) in [6.07, 6.45) is 5.44. The van der Waals surface area contributed by atoms with Gasteiger partial charge in [0.2, 0.25) is 0 Å². The van der Waals surface area contributed by atoms with E-state index in [0.717, 1.165) is 32.0 Å². The van der Waals surface area contributed by atoms with Crippen molar-refractivity contribution in [2.24, 2.45) is 10.9 Å². The quantitative estimate of drug-likeness (QED) is 0.696. The van der Waals surface area contributed by atoms with Crippen LogP contribution >= 0.6 is 0 Å². The summed E-state index contributed by atoms with van der Waals surface area (Å²) < 4.78 is 0. The first kappa shape index (κ1) is 14.2. The molecule has 2 aliphatic rings. The van der Waals surface area contributed by atoms with Crippen LogP contribution in [0, 0.1) is 5.92 Å². The summed E-state index contributed by atoms with van der Waals surface area (Å²) in [7, 11) is 2.18. The van der Waals surface area contributed by atoms with Gasteiger partial charge in [-0.05, 0) is 19.4 Å². The Bertz CT molecular complexity index is 258. The van der Waals surface area contributed by atoms with Gasteiger partial charge in [0, 0.05) is 38.9 Å². The molecule has 0 atom stereocenters. The minimum atomic E-state index is 0.833. The van der Waals surface area contributed by atoms with Crippen LogP contribution in [0.1, 0.15) is 27.2 Å². The summed E-state index contributed by atoms with van der Waals surface area (Å²) in [5.41, 5.74) is 1.33. The minimum Gasteiger partial charge on any atom is -0.368 e. The van der Waals surface area contributed by atoms with Gasteiger partial charge in [0.1, 0.15) is 0 Å². The number of hydrogen-bond acceptors (Lipinski definition) is 3. The van der Waals surface area contributed by atoms with Crippen molar-refractivity contribution in [3.05, 3.63) is 11.8 Å². The van der Waals surface area contributed by atoms with Crippen molar-refractivity contribution in [2.45, 2.75) is 27.2 Å². The smallest absolute Gasteiger partial charge is 0.0508 e. The Balaban J connectivity index is 0.000000317. The Labute approximate surface area is 106 Å². The fraction of sp³-hybridized carbons (Fsp3) is 0.786. The molecule has 3 nitrogen and oxygen atoms in total. The summed E-state index contributed by atoms with van der Waals surface area (Å²) in [6.45, 7) is 12.1. The second-order valence-corrected chi connectivity index (χ2v) is 5.48. The average molecular weight is 237 g/mol. The van der Waals surface area contributed by atoms with E-state index in [1.807, 2.05) is 6.21 Å². The molecule has 0 spiro atoms. The molecule has 0 N–H and O–H groups in total. The van der Waals surface area contributed by atoms with Crippen molar-refractivity contribution in [2.75, 3.05) is 39.8 Å². The SMILES string of the molecule is CC(C)C.CN1CCN(C2=CCCN=C2)CC1. The summed E-state index contributed by atoms with van der Waals surface area (Å²) in [6, 6.07) is 0. The van der Waals surface area contributed by atoms with Crippen LogP contribution < -0.4 is 0 Å². The van der Waals surface area contributed by atoms with Gasteiger partial charge >= 0.3 is 0 Å².